The standard InChI is InChI=1S/C13H14N4/c1-9-2-4-10(5-3-9)6-7-12-11(8-14)13(15)17-16-12/h2-5H,6-7H2,1H3,(H3,15,16,17). The van der Waals surface area contributed by atoms with Gasteiger partial charge in [0.15, 0.2) is 5.82 Å². The highest BCUT2D eigenvalue weighted by Gasteiger charge is 2.09. The molecule has 0 radical (unpaired) electrons. The van der Waals surface area contributed by atoms with Crippen molar-refractivity contribution in [3.8, 4) is 6.07 Å². The normalized spacial score (nSPS) is 10.1. The minimum absolute atomic E-state index is 0.284. The number of benzene rings is 1. The average Bonchev–Trinajstić information content (AvgIpc) is 2.69. The van der Waals surface area contributed by atoms with Gasteiger partial charge in [0.25, 0.3) is 0 Å². The molecule has 86 valence electrons. The van der Waals surface area contributed by atoms with Crippen LogP contribution >= 0.6 is 0 Å². The minimum atomic E-state index is 0.284. The number of aromatic nitrogens is 2. The summed E-state index contributed by atoms with van der Waals surface area (Å²) in [6, 6.07) is 10.4. The Hall–Kier alpha value is -2.28. The van der Waals surface area contributed by atoms with E-state index >= 15 is 0 Å². The molecule has 17 heavy (non-hydrogen) atoms. The van der Waals surface area contributed by atoms with Crippen LogP contribution in [0.5, 0.6) is 0 Å². The van der Waals surface area contributed by atoms with Gasteiger partial charge in [0, 0.05) is 0 Å². The molecular weight excluding hydrogens is 212 g/mol. The first-order chi connectivity index (χ1) is 8.20. The Kier molecular flexibility index (Phi) is 3.10. The topological polar surface area (TPSA) is 78.5 Å². The molecule has 0 saturated carbocycles. The zero-order chi connectivity index (χ0) is 12.3. The number of rotatable bonds is 3. The van der Waals surface area contributed by atoms with Crippen LogP contribution in [0, 0.1) is 18.3 Å². The molecule has 1 aromatic carbocycles. The quantitative estimate of drug-likeness (QED) is 0.839. The Morgan fingerprint density at radius 1 is 1.29 bits per heavy atom. The fourth-order valence-electron chi connectivity index (χ4n) is 1.72. The minimum Gasteiger partial charge on any atom is -0.381 e. The Morgan fingerprint density at radius 3 is 2.65 bits per heavy atom. The molecule has 0 bridgehead atoms. The highest BCUT2D eigenvalue weighted by Crippen LogP contribution is 2.14. The Labute approximate surface area is 100 Å². The third-order valence-corrected chi connectivity index (χ3v) is 2.77. The Morgan fingerprint density at radius 2 is 2.00 bits per heavy atom. The SMILES string of the molecule is Cc1ccc(CCc2[nH]nc(N)c2C#N)cc1. The van der Waals surface area contributed by atoms with E-state index in [2.05, 4.69) is 47.5 Å². The maximum atomic E-state index is 8.93. The van der Waals surface area contributed by atoms with Crippen LogP contribution < -0.4 is 5.73 Å². The van der Waals surface area contributed by atoms with E-state index in [1.807, 2.05) is 0 Å². The van der Waals surface area contributed by atoms with Gasteiger partial charge < -0.3 is 5.73 Å². The number of hydrogen-bond acceptors (Lipinski definition) is 3. The number of nitrogens with zero attached hydrogens (tertiary/aromatic N) is 2. The van der Waals surface area contributed by atoms with Crippen molar-refractivity contribution in [2.24, 2.45) is 0 Å². The molecule has 0 saturated heterocycles. The molecule has 0 unspecified atom stereocenters. The third kappa shape index (κ3) is 2.45. The predicted octanol–water partition coefficient (Wildman–Crippen LogP) is 1.96. The highest BCUT2D eigenvalue weighted by molar-refractivity contribution is 5.51. The van der Waals surface area contributed by atoms with Crippen molar-refractivity contribution in [3.05, 3.63) is 46.6 Å². The summed E-state index contributed by atoms with van der Waals surface area (Å²) >= 11 is 0. The summed E-state index contributed by atoms with van der Waals surface area (Å²) in [5.74, 6) is 0.284. The summed E-state index contributed by atoms with van der Waals surface area (Å²) in [6.07, 6.45) is 1.62. The molecule has 4 heteroatoms. The summed E-state index contributed by atoms with van der Waals surface area (Å²) in [6.45, 7) is 2.06. The number of nitrogens with two attached hydrogens (primary N) is 1. The molecule has 0 aliphatic rings. The van der Waals surface area contributed by atoms with Crippen molar-refractivity contribution in [1.29, 1.82) is 5.26 Å². The summed E-state index contributed by atoms with van der Waals surface area (Å²) in [5.41, 5.74) is 9.35. The number of aromatic amines is 1. The van der Waals surface area contributed by atoms with E-state index in [0.717, 1.165) is 18.5 Å². The highest BCUT2D eigenvalue weighted by atomic mass is 15.2. The molecule has 0 atom stereocenters. The van der Waals surface area contributed by atoms with Crippen LogP contribution in [0.25, 0.3) is 0 Å². The lowest BCUT2D eigenvalue weighted by Crippen LogP contribution is -1.95. The molecule has 2 aromatic rings. The lowest BCUT2D eigenvalue weighted by molar-refractivity contribution is 0.890. The van der Waals surface area contributed by atoms with E-state index in [0.29, 0.717) is 5.56 Å². The molecule has 0 spiro atoms. The second kappa shape index (κ2) is 4.71. The van der Waals surface area contributed by atoms with E-state index in [9.17, 15) is 0 Å². The third-order valence-electron chi connectivity index (χ3n) is 2.77. The number of nitrogens with one attached hydrogen (secondary N) is 1. The molecule has 4 nitrogen and oxygen atoms in total. The molecule has 0 aliphatic heterocycles. The van der Waals surface area contributed by atoms with E-state index < -0.39 is 0 Å². The van der Waals surface area contributed by atoms with Crippen molar-refractivity contribution in [1.82, 2.24) is 10.2 Å². The predicted molar refractivity (Wildman–Crippen MR) is 66.3 cm³/mol. The first-order valence-corrected chi connectivity index (χ1v) is 5.49. The second-order valence-corrected chi connectivity index (χ2v) is 4.06. The van der Waals surface area contributed by atoms with Gasteiger partial charge in [-0.05, 0) is 25.3 Å². The molecule has 0 fully saturated rings. The number of nitrogen functional groups attached to an aromatic ring is 1. The number of aryl methyl sites for hydroxylation is 3. The van der Waals surface area contributed by atoms with Gasteiger partial charge >= 0.3 is 0 Å². The van der Waals surface area contributed by atoms with Gasteiger partial charge in [-0.3, -0.25) is 5.10 Å². The van der Waals surface area contributed by atoms with Crippen molar-refractivity contribution in [3.63, 3.8) is 0 Å². The van der Waals surface area contributed by atoms with E-state index in [1.165, 1.54) is 11.1 Å². The maximum Gasteiger partial charge on any atom is 0.163 e. The zero-order valence-corrected chi connectivity index (χ0v) is 9.70. The Balaban J connectivity index is 2.08. The summed E-state index contributed by atoms with van der Waals surface area (Å²) < 4.78 is 0. The van der Waals surface area contributed by atoms with Crippen LogP contribution in [0.15, 0.2) is 24.3 Å². The van der Waals surface area contributed by atoms with Gasteiger partial charge in [-0.25, -0.2) is 0 Å². The van der Waals surface area contributed by atoms with Crippen LogP contribution in [-0.2, 0) is 12.8 Å². The van der Waals surface area contributed by atoms with Crippen LogP contribution in [0.1, 0.15) is 22.4 Å². The lowest BCUT2D eigenvalue weighted by Gasteiger charge is -2.01. The van der Waals surface area contributed by atoms with Gasteiger partial charge in [0.2, 0.25) is 0 Å². The molecular formula is C13H14N4. The van der Waals surface area contributed by atoms with E-state index in [-0.39, 0.29) is 5.82 Å². The first-order valence-electron chi connectivity index (χ1n) is 5.49. The fraction of sp³-hybridized carbons (Fsp3) is 0.231. The average molecular weight is 226 g/mol. The molecule has 1 heterocycles. The maximum absolute atomic E-state index is 8.93. The van der Waals surface area contributed by atoms with Crippen molar-refractivity contribution < 1.29 is 0 Å². The smallest absolute Gasteiger partial charge is 0.163 e. The lowest BCUT2D eigenvalue weighted by atomic mass is 10.0. The van der Waals surface area contributed by atoms with Gasteiger partial charge in [0.1, 0.15) is 11.6 Å². The fourth-order valence-corrected chi connectivity index (χ4v) is 1.72. The molecule has 1 aromatic heterocycles. The second-order valence-electron chi connectivity index (χ2n) is 4.06. The molecule has 2 rings (SSSR count). The zero-order valence-electron chi connectivity index (χ0n) is 9.70. The van der Waals surface area contributed by atoms with Gasteiger partial charge in [0.05, 0.1) is 5.69 Å². The van der Waals surface area contributed by atoms with Gasteiger partial charge in [-0.2, -0.15) is 10.4 Å². The summed E-state index contributed by atoms with van der Waals surface area (Å²) in [4.78, 5) is 0. The monoisotopic (exact) mass is 226 g/mol. The molecule has 3 N–H and O–H groups in total. The van der Waals surface area contributed by atoms with Gasteiger partial charge in [-0.1, -0.05) is 29.8 Å². The molecule has 0 aliphatic carbocycles. The number of H-pyrrole nitrogens is 1. The van der Waals surface area contributed by atoms with E-state index in [4.69, 9.17) is 11.0 Å². The van der Waals surface area contributed by atoms with Crippen LogP contribution in [0.3, 0.4) is 0 Å². The Bertz CT molecular complexity index is 546. The van der Waals surface area contributed by atoms with Crippen molar-refractivity contribution in [2.45, 2.75) is 19.8 Å². The van der Waals surface area contributed by atoms with Crippen molar-refractivity contribution >= 4 is 5.82 Å². The largest absolute Gasteiger partial charge is 0.381 e. The van der Waals surface area contributed by atoms with Crippen molar-refractivity contribution in [2.75, 3.05) is 5.73 Å². The summed E-state index contributed by atoms with van der Waals surface area (Å²) in [7, 11) is 0. The number of nitriles is 1. The van der Waals surface area contributed by atoms with Crippen LogP contribution in [-0.4, -0.2) is 10.2 Å². The summed E-state index contributed by atoms with van der Waals surface area (Å²) in [5, 5.41) is 15.6. The number of hydrogen-bond donors (Lipinski definition) is 2. The van der Waals surface area contributed by atoms with Gasteiger partial charge in [-0.15, -0.1) is 0 Å². The van der Waals surface area contributed by atoms with E-state index in [1.54, 1.807) is 0 Å². The van der Waals surface area contributed by atoms with Crippen LogP contribution in [0.2, 0.25) is 0 Å². The molecule has 0 amide bonds. The first kappa shape index (κ1) is 11.2. The van der Waals surface area contributed by atoms with Crippen LogP contribution in [0.4, 0.5) is 5.82 Å². The number of anilines is 1.